The summed E-state index contributed by atoms with van der Waals surface area (Å²) < 4.78 is 5.66. The lowest BCUT2D eigenvalue weighted by atomic mass is 10.0. The average Bonchev–Trinajstić information content (AvgIpc) is 2.72. The van der Waals surface area contributed by atoms with Crippen molar-refractivity contribution in [1.82, 2.24) is 4.90 Å². The van der Waals surface area contributed by atoms with Crippen molar-refractivity contribution in [3.63, 3.8) is 0 Å². The molecule has 2 saturated heterocycles. The van der Waals surface area contributed by atoms with E-state index >= 15 is 0 Å². The highest BCUT2D eigenvalue weighted by Gasteiger charge is 2.41. The molecule has 2 bridgehead atoms. The molecule has 0 aromatic heterocycles. The fourth-order valence-electron chi connectivity index (χ4n) is 3.64. The summed E-state index contributed by atoms with van der Waals surface area (Å²) in [6, 6.07) is 7.04. The molecule has 0 radical (unpaired) electrons. The second-order valence-corrected chi connectivity index (χ2v) is 6.17. The number of non-ortho nitro benzene ring substituents is 1. The van der Waals surface area contributed by atoms with Gasteiger partial charge in [0.15, 0.2) is 0 Å². The number of rotatable bonds is 4. The number of esters is 1. The Kier molecular flexibility index (Phi) is 5.59. The minimum absolute atomic E-state index is 0. The number of hydrogen-bond donors (Lipinski definition) is 0. The summed E-state index contributed by atoms with van der Waals surface area (Å²) in [7, 11) is 2.11. The summed E-state index contributed by atoms with van der Waals surface area (Å²) in [4.78, 5) is 24.6. The number of likely N-dealkylation sites (N-methyl/N-ethyl adjacent to an activating group) is 1. The predicted molar refractivity (Wildman–Crippen MR) is 87.7 cm³/mol. The van der Waals surface area contributed by atoms with E-state index in [1.165, 1.54) is 18.6 Å². The number of nitro benzene ring substituents is 1. The zero-order chi connectivity index (χ0) is 15.7. The van der Waals surface area contributed by atoms with Gasteiger partial charge in [0.05, 0.1) is 11.3 Å². The molecule has 2 heterocycles. The van der Waals surface area contributed by atoms with E-state index in [0.29, 0.717) is 12.1 Å². The maximum atomic E-state index is 12.1. The van der Waals surface area contributed by atoms with E-state index in [0.717, 1.165) is 24.8 Å². The number of ether oxygens (including phenoxy) is 1. The molecule has 2 aliphatic rings. The molecular weight excluding hydrogens is 320 g/mol. The van der Waals surface area contributed by atoms with E-state index in [9.17, 15) is 14.9 Å². The monoisotopic (exact) mass is 340 g/mol. The molecule has 1 aromatic rings. The third-order valence-corrected chi connectivity index (χ3v) is 4.89. The lowest BCUT2D eigenvalue weighted by Crippen LogP contribution is -2.46. The number of nitro groups is 1. The van der Waals surface area contributed by atoms with Gasteiger partial charge in [-0.3, -0.25) is 19.8 Å². The van der Waals surface area contributed by atoms with Crippen molar-refractivity contribution in [2.24, 2.45) is 0 Å². The topological polar surface area (TPSA) is 72.7 Å². The largest absolute Gasteiger partial charge is 0.460 e. The fourth-order valence-corrected chi connectivity index (χ4v) is 3.64. The molecule has 2 fully saturated rings. The van der Waals surface area contributed by atoms with Crippen LogP contribution in [0, 0.1) is 10.1 Å². The van der Waals surface area contributed by atoms with Crippen LogP contribution < -0.4 is 0 Å². The van der Waals surface area contributed by atoms with Gasteiger partial charge in [-0.15, -0.1) is 12.4 Å². The zero-order valence-corrected chi connectivity index (χ0v) is 13.8. The lowest BCUT2D eigenvalue weighted by Gasteiger charge is -2.36. The molecule has 7 heteroatoms. The van der Waals surface area contributed by atoms with Gasteiger partial charge in [-0.05, 0) is 38.3 Å². The van der Waals surface area contributed by atoms with Gasteiger partial charge < -0.3 is 4.74 Å². The van der Waals surface area contributed by atoms with Gasteiger partial charge in [0.25, 0.3) is 5.69 Å². The Morgan fingerprint density at radius 1 is 1.26 bits per heavy atom. The number of benzene rings is 1. The number of halogens is 1. The molecule has 0 aliphatic carbocycles. The van der Waals surface area contributed by atoms with E-state index in [1.54, 1.807) is 12.1 Å². The van der Waals surface area contributed by atoms with Crippen molar-refractivity contribution in [2.75, 3.05) is 7.05 Å². The van der Waals surface area contributed by atoms with Crippen LogP contribution in [0.2, 0.25) is 0 Å². The molecule has 23 heavy (non-hydrogen) atoms. The molecule has 1 aromatic carbocycles. The molecule has 3 rings (SSSR count). The second kappa shape index (κ2) is 7.27. The van der Waals surface area contributed by atoms with Crippen molar-refractivity contribution in [2.45, 2.75) is 50.3 Å². The summed E-state index contributed by atoms with van der Waals surface area (Å²) in [6.45, 7) is 0. The molecular formula is C16H21ClN2O4. The van der Waals surface area contributed by atoms with Crippen LogP contribution >= 0.6 is 12.4 Å². The average molecular weight is 341 g/mol. The van der Waals surface area contributed by atoms with Crippen LogP contribution in [0.1, 0.15) is 31.2 Å². The molecule has 0 N–H and O–H groups in total. The number of hydrogen-bond acceptors (Lipinski definition) is 5. The Morgan fingerprint density at radius 2 is 1.91 bits per heavy atom. The highest BCUT2D eigenvalue weighted by Crippen LogP contribution is 2.35. The van der Waals surface area contributed by atoms with Crippen molar-refractivity contribution in [3.05, 3.63) is 39.9 Å². The Bertz CT molecular complexity index is 578. The van der Waals surface area contributed by atoms with Gasteiger partial charge in [0.1, 0.15) is 6.10 Å². The summed E-state index contributed by atoms with van der Waals surface area (Å²) in [5.74, 6) is -0.252. The van der Waals surface area contributed by atoms with E-state index in [1.807, 2.05) is 0 Å². The smallest absolute Gasteiger partial charge is 0.310 e. The van der Waals surface area contributed by atoms with E-state index in [2.05, 4.69) is 11.9 Å². The third-order valence-electron chi connectivity index (χ3n) is 4.89. The molecule has 3 atom stereocenters. The SMILES string of the molecule is CN1[C@H]2CC[C@H](OC(=O)Cc3ccc([N+](=O)[O-])cc3)[C@@H]1CC2.Cl. The quantitative estimate of drug-likeness (QED) is 0.478. The summed E-state index contributed by atoms with van der Waals surface area (Å²) in [5, 5.41) is 10.6. The van der Waals surface area contributed by atoms with Gasteiger partial charge >= 0.3 is 5.97 Å². The van der Waals surface area contributed by atoms with Crippen molar-refractivity contribution in [3.8, 4) is 0 Å². The number of carbonyl (C=O) groups excluding carboxylic acids is 1. The van der Waals surface area contributed by atoms with Gasteiger partial charge in [-0.1, -0.05) is 12.1 Å². The first-order chi connectivity index (χ1) is 10.5. The van der Waals surface area contributed by atoms with E-state index in [-0.39, 0.29) is 36.6 Å². The Balaban J connectivity index is 0.00000192. The van der Waals surface area contributed by atoms with Crippen LogP contribution in [0.15, 0.2) is 24.3 Å². The van der Waals surface area contributed by atoms with Crippen molar-refractivity contribution in [1.29, 1.82) is 0 Å². The number of fused-ring (bicyclic) bond motifs is 2. The molecule has 0 unspecified atom stereocenters. The van der Waals surface area contributed by atoms with E-state index in [4.69, 9.17) is 4.74 Å². The molecule has 0 amide bonds. The first kappa shape index (κ1) is 17.7. The first-order valence-corrected chi connectivity index (χ1v) is 7.69. The third kappa shape index (κ3) is 3.82. The number of carbonyl (C=O) groups is 1. The van der Waals surface area contributed by atoms with E-state index < -0.39 is 4.92 Å². The van der Waals surface area contributed by atoms with Crippen molar-refractivity contribution >= 4 is 24.1 Å². The highest BCUT2D eigenvalue weighted by atomic mass is 35.5. The summed E-state index contributed by atoms with van der Waals surface area (Å²) in [6.07, 6.45) is 4.45. The maximum Gasteiger partial charge on any atom is 0.310 e. The highest BCUT2D eigenvalue weighted by molar-refractivity contribution is 5.85. The minimum atomic E-state index is -0.448. The maximum absolute atomic E-state index is 12.1. The predicted octanol–water partition coefficient (Wildman–Crippen LogP) is 2.73. The van der Waals surface area contributed by atoms with Gasteiger partial charge in [0, 0.05) is 24.2 Å². The van der Waals surface area contributed by atoms with Crippen molar-refractivity contribution < 1.29 is 14.5 Å². The summed E-state index contributed by atoms with van der Waals surface area (Å²) in [5.41, 5.74) is 0.770. The molecule has 0 saturated carbocycles. The van der Waals surface area contributed by atoms with Crippen LogP contribution in [0.4, 0.5) is 5.69 Å². The van der Waals surface area contributed by atoms with Crippen LogP contribution in [0.5, 0.6) is 0 Å². The first-order valence-electron chi connectivity index (χ1n) is 7.69. The molecule has 6 nitrogen and oxygen atoms in total. The molecule has 126 valence electrons. The molecule has 0 spiro atoms. The lowest BCUT2D eigenvalue weighted by molar-refractivity contribution is -0.384. The minimum Gasteiger partial charge on any atom is -0.460 e. The van der Waals surface area contributed by atoms with Gasteiger partial charge in [0.2, 0.25) is 0 Å². The fraction of sp³-hybridized carbons (Fsp3) is 0.562. The Morgan fingerprint density at radius 3 is 2.57 bits per heavy atom. The van der Waals surface area contributed by atoms with Crippen LogP contribution in [0.25, 0.3) is 0 Å². The standard InChI is InChI=1S/C16H20N2O4.ClH/c1-17-12-6-8-14(17)15(9-7-12)22-16(19)10-11-2-4-13(5-3-11)18(20)21;/h2-5,12,14-15H,6-10H2,1H3;1H/t12-,14+,15+;/m1./s1. The zero-order valence-electron chi connectivity index (χ0n) is 13.0. The van der Waals surface area contributed by atoms with Crippen LogP contribution in [0.3, 0.4) is 0 Å². The number of nitrogens with zero attached hydrogens (tertiary/aromatic N) is 2. The Hall–Kier alpha value is -1.66. The summed E-state index contributed by atoms with van der Waals surface area (Å²) >= 11 is 0. The normalized spacial score (nSPS) is 26.4. The Labute approximate surface area is 141 Å². The van der Waals surface area contributed by atoms with Gasteiger partial charge in [-0.2, -0.15) is 0 Å². The number of piperidine rings is 1. The van der Waals surface area contributed by atoms with Crippen LogP contribution in [-0.4, -0.2) is 41.0 Å². The second-order valence-electron chi connectivity index (χ2n) is 6.17. The molecule has 2 aliphatic heterocycles. The van der Waals surface area contributed by atoms with Crippen LogP contribution in [-0.2, 0) is 16.0 Å². The van der Waals surface area contributed by atoms with Gasteiger partial charge in [-0.25, -0.2) is 0 Å².